The molecule has 0 radical (unpaired) electrons. The van der Waals surface area contributed by atoms with E-state index in [1.165, 1.54) is 5.56 Å². The van der Waals surface area contributed by atoms with Crippen LogP contribution in [0.3, 0.4) is 0 Å². The van der Waals surface area contributed by atoms with Crippen molar-refractivity contribution >= 4 is 5.91 Å². The van der Waals surface area contributed by atoms with Crippen LogP contribution in [0.4, 0.5) is 0 Å². The van der Waals surface area contributed by atoms with Gasteiger partial charge in [-0.2, -0.15) is 0 Å². The number of benzene rings is 1. The molecule has 0 aromatic heterocycles. The van der Waals surface area contributed by atoms with E-state index in [0.29, 0.717) is 25.5 Å². The van der Waals surface area contributed by atoms with Gasteiger partial charge in [0.2, 0.25) is 5.91 Å². The zero-order chi connectivity index (χ0) is 14.2. The van der Waals surface area contributed by atoms with Crippen molar-refractivity contribution in [3.05, 3.63) is 29.8 Å². The highest BCUT2D eigenvalue weighted by Gasteiger charge is 2.16. The second-order valence-electron chi connectivity index (χ2n) is 5.41. The van der Waals surface area contributed by atoms with Gasteiger partial charge < -0.3 is 15.4 Å². The summed E-state index contributed by atoms with van der Waals surface area (Å²) in [6.45, 7) is 5.19. The fourth-order valence-corrected chi connectivity index (χ4v) is 2.48. The number of carbonyl (C=O) groups excluding carboxylic acids is 1. The van der Waals surface area contributed by atoms with E-state index in [1.54, 1.807) is 0 Å². The van der Waals surface area contributed by atoms with Crippen LogP contribution in [0.25, 0.3) is 0 Å². The lowest BCUT2D eigenvalue weighted by atomic mass is 9.94. The van der Waals surface area contributed by atoms with Gasteiger partial charge >= 0.3 is 0 Å². The lowest BCUT2D eigenvalue weighted by Gasteiger charge is -2.21. The Morgan fingerprint density at radius 2 is 2.20 bits per heavy atom. The molecule has 20 heavy (non-hydrogen) atoms. The van der Waals surface area contributed by atoms with Gasteiger partial charge in [-0.3, -0.25) is 4.79 Å². The average Bonchev–Trinajstić information content (AvgIpc) is 2.45. The largest absolute Gasteiger partial charge is 0.492 e. The Morgan fingerprint density at radius 3 is 2.95 bits per heavy atom. The van der Waals surface area contributed by atoms with Crippen LogP contribution in [0.1, 0.15) is 24.8 Å². The molecule has 2 N–H and O–H groups in total. The van der Waals surface area contributed by atoms with E-state index in [2.05, 4.69) is 10.6 Å². The van der Waals surface area contributed by atoms with Crippen LogP contribution in [0.2, 0.25) is 0 Å². The van der Waals surface area contributed by atoms with Crippen LogP contribution in [-0.2, 0) is 4.79 Å². The Bertz CT molecular complexity index is 428. The third-order valence-corrected chi connectivity index (χ3v) is 3.62. The zero-order valence-corrected chi connectivity index (χ0v) is 12.2. The Balaban J connectivity index is 1.59. The maximum Gasteiger partial charge on any atom is 0.220 e. The maximum atomic E-state index is 11.8. The molecule has 0 atom stereocenters. The minimum atomic E-state index is 0.143. The minimum absolute atomic E-state index is 0.143. The molecular weight excluding hydrogens is 252 g/mol. The van der Waals surface area contributed by atoms with Crippen molar-refractivity contribution in [2.24, 2.45) is 5.92 Å². The molecule has 0 aliphatic carbocycles. The number of carbonyl (C=O) groups is 1. The number of hydrogen-bond donors (Lipinski definition) is 2. The molecule has 1 aromatic rings. The molecule has 1 fully saturated rings. The van der Waals surface area contributed by atoms with Crippen LogP contribution in [0, 0.1) is 12.8 Å². The van der Waals surface area contributed by atoms with Crippen LogP contribution in [-0.4, -0.2) is 32.1 Å². The highest BCUT2D eigenvalue weighted by molar-refractivity contribution is 5.76. The summed E-state index contributed by atoms with van der Waals surface area (Å²) in [5, 5.41) is 6.24. The number of ether oxygens (including phenoxy) is 1. The maximum absolute atomic E-state index is 11.8. The van der Waals surface area contributed by atoms with Crippen molar-refractivity contribution in [2.45, 2.75) is 26.2 Å². The topological polar surface area (TPSA) is 50.4 Å². The standard InChI is InChI=1S/C16H24N2O2/c1-13-3-2-4-15(11-13)20-10-9-18-16(19)12-14-5-7-17-8-6-14/h2-4,11,14,17H,5-10,12H2,1H3,(H,18,19). The quantitative estimate of drug-likeness (QED) is 0.780. The third-order valence-electron chi connectivity index (χ3n) is 3.62. The number of amides is 1. The molecule has 4 nitrogen and oxygen atoms in total. The van der Waals surface area contributed by atoms with Gasteiger partial charge in [0.25, 0.3) is 0 Å². The number of aryl methyl sites for hydroxylation is 1. The van der Waals surface area contributed by atoms with Gasteiger partial charge in [-0.25, -0.2) is 0 Å². The summed E-state index contributed by atoms with van der Waals surface area (Å²) in [4.78, 5) is 11.8. The Hall–Kier alpha value is -1.55. The summed E-state index contributed by atoms with van der Waals surface area (Å²) in [7, 11) is 0. The van der Waals surface area contributed by atoms with Gasteiger partial charge in [0, 0.05) is 6.42 Å². The lowest BCUT2D eigenvalue weighted by molar-refractivity contribution is -0.122. The first kappa shape index (κ1) is 14.9. The van der Waals surface area contributed by atoms with Gasteiger partial charge in [0.05, 0.1) is 6.54 Å². The lowest BCUT2D eigenvalue weighted by Crippen LogP contribution is -2.33. The smallest absolute Gasteiger partial charge is 0.220 e. The second-order valence-corrected chi connectivity index (χ2v) is 5.41. The van der Waals surface area contributed by atoms with Gasteiger partial charge in [-0.1, -0.05) is 12.1 Å². The Morgan fingerprint density at radius 1 is 1.40 bits per heavy atom. The van der Waals surface area contributed by atoms with E-state index < -0.39 is 0 Å². The van der Waals surface area contributed by atoms with E-state index in [9.17, 15) is 4.79 Å². The first-order valence-corrected chi connectivity index (χ1v) is 7.41. The molecule has 1 saturated heterocycles. The predicted molar refractivity (Wildman–Crippen MR) is 79.9 cm³/mol. The van der Waals surface area contributed by atoms with Gasteiger partial charge in [0.15, 0.2) is 0 Å². The van der Waals surface area contributed by atoms with E-state index in [4.69, 9.17) is 4.74 Å². The summed E-state index contributed by atoms with van der Waals surface area (Å²) < 4.78 is 5.60. The van der Waals surface area contributed by atoms with Crippen molar-refractivity contribution in [1.29, 1.82) is 0 Å². The summed E-state index contributed by atoms with van der Waals surface area (Å²) in [5.41, 5.74) is 1.18. The van der Waals surface area contributed by atoms with Crippen molar-refractivity contribution < 1.29 is 9.53 Å². The van der Waals surface area contributed by atoms with Crippen molar-refractivity contribution in [1.82, 2.24) is 10.6 Å². The second kappa shape index (κ2) is 7.90. The number of rotatable bonds is 6. The molecular formula is C16H24N2O2. The van der Waals surface area contributed by atoms with E-state index >= 15 is 0 Å². The summed E-state index contributed by atoms with van der Waals surface area (Å²) in [6.07, 6.45) is 2.85. The summed E-state index contributed by atoms with van der Waals surface area (Å²) >= 11 is 0. The number of piperidine rings is 1. The SMILES string of the molecule is Cc1cccc(OCCNC(=O)CC2CCNCC2)c1. The van der Waals surface area contributed by atoms with Crippen LogP contribution >= 0.6 is 0 Å². The summed E-state index contributed by atoms with van der Waals surface area (Å²) in [6, 6.07) is 7.94. The first-order valence-electron chi connectivity index (χ1n) is 7.41. The molecule has 0 saturated carbocycles. The minimum Gasteiger partial charge on any atom is -0.492 e. The molecule has 4 heteroatoms. The highest BCUT2D eigenvalue weighted by Crippen LogP contribution is 2.15. The Kier molecular flexibility index (Phi) is 5.87. The van der Waals surface area contributed by atoms with Crippen molar-refractivity contribution in [3.8, 4) is 5.75 Å². The highest BCUT2D eigenvalue weighted by atomic mass is 16.5. The fourth-order valence-electron chi connectivity index (χ4n) is 2.48. The van der Waals surface area contributed by atoms with Gasteiger partial charge in [-0.15, -0.1) is 0 Å². The summed E-state index contributed by atoms with van der Waals surface area (Å²) in [5.74, 6) is 1.54. The van der Waals surface area contributed by atoms with E-state index in [0.717, 1.165) is 31.7 Å². The molecule has 0 bridgehead atoms. The van der Waals surface area contributed by atoms with E-state index in [1.807, 2.05) is 31.2 Å². The molecule has 1 aliphatic rings. The van der Waals surface area contributed by atoms with Crippen LogP contribution in [0.5, 0.6) is 5.75 Å². The van der Waals surface area contributed by atoms with Crippen molar-refractivity contribution in [2.75, 3.05) is 26.2 Å². The Labute approximate surface area is 120 Å². The third kappa shape index (κ3) is 5.21. The molecule has 1 aromatic carbocycles. The first-order chi connectivity index (χ1) is 9.74. The molecule has 110 valence electrons. The molecule has 1 heterocycles. The normalized spacial score (nSPS) is 15.8. The van der Waals surface area contributed by atoms with Gasteiger partial charge in [-0.05, 0) is 56.5 Å². The average molecular weight is 276 g/mol. The van der Waals surface area contributed by atoms with Crippen LogP contribution < -0.4 is 15.4 Å². The van der Waals surface area contributed by atoms with Crippen molar-refractivity contribution in [3.63, 3.8) is 0 Å². The molecule has 2 rings (SSSR count). The zero-order valence-electron chi connectivity index (χ0n) is 12.2. The molecule has 1 amide bonds. The number of hydrogen-bond acceptors (Lipinski definition) is 3. The molecule has 0 unspecified atom stereocenters. The predicted octanol–water partition coefficient (Wildman–Crippen LogP) is 1.88. The monoisotopic (exact) mass is 276 g/mol. The fraction of sp³-hybridized carbons (Fsp3) is 0.562. The molecule has 0 spiro atoms. The molecule has 1 aliphatic heterocycles. The van der Waals surface area contributed by atoms with Crippen LogP contribution in [0.15, 0.2) is 24.3 Å². The number of nitrogens with one attached hydrogen (secondary N) is 2. The van der Waals surface area contributed by atoms with E-state index in [-0.39, 0.29) is 5.91 Å². The van der Waals surface area contributed by atoms with Gasteiger partial charge in [0.1, 0.15) is 12.4 Å².